The highest BCUT2D eigenvalue weighted by Gasteiger charge is 2.19. The number of nitrogens with one attached hydrogen (secondary N) is 2. The number of hydrogen-bond acceptors (Lipinski definition) is 5. The largest absolute Gasteiger partial charge is 0.433 e. The molecule has 0 fully saturated rings. The minimum absolute atomic E-state index is 0.00224. The predicted molar refractivity (Wildman–Crippen MR) is 112 cm³/mol. The molecule has 2 aromatic carbocycles. The Hall–Kier alpha value is -3.62. The van der Waals surface area contributed by atoms with Crippen LogP contribution in [-0.2, 0) is 4.79 Å². The third kappa shape index (κ3) is 5.25. The third-order valence-electron chi connectivity index (χ3n) is 3.78. The first-order chi connectivity index (χ1) is 14.3. The van der Waals surface area contributed by atoms with Gasteiger partial charge in [-0.15, -0.1) is 0 Å². The molecule has 0 atom stereocenters. The highest BCUT2D eigenvalue weighted by atomic mass is 35.5. The number of carbonyl (C=O) groups excluding carboxylic acids is 2. The highest BCUT2D eigenvalue weighted by Crippen LogP contribution is 2.22. The molecular weight excluding hydrogens is 433 g/mol. The van der Waals surface area contributed by atoms with Gasteiger partial charge in [-0.3, -0.25) is 19.7 Å². The number of nitro groups is 1. The lowest BCUT2D eigenvalue weighted by Crippen LogP contribution is -2.30. The summed E-state index contributed by atoms with van der Waals surface area (Å²) in [7, 11) is 0. The topological polar surface area (TPSA) is 114 Å². The Morgan fingerprint density at radius 2 is 1.77 bits per heavy atom. The van der Waals surface area contributed by atoms with Crippen molar-refractivity contribution in [2.75, 3.05) is 5.32 Å². The first kappa shape index (κ1) is 21.1. The van der Waals surface area contributed by atoms with E-state index in [0.29, 0.717) is 10.7 Å². The molecule has 0 radical (unpaired) electrons. The van der Waals surface area contributed by atoms with E-state index in [1.54, 1.807) is 30.3 Å². The molecule has 0 aliphatic rings. The van der Waals surface area contributed by atoms with E-state index in [2.05, 4.69) is 10.6 Å². The van der Waals surface area contributed by atoms with Gasteiger partial charge >= 0.3 is 5.88 Å². The fraction of sp³-hybridized carbons (Fsp3) is 0. The number of furan rings is 1. The Morgan fingerprint density at radius 1 is 1.03 bits per heavy atom. The smallest absolute Gasteiger partial charge is 0.401 e. The molecule has 0 saturated heterocycles. The normalized spacial score (nSPS) is 11.1. The SMILES string of the molecule is O=C(Nc1ccccc1)C(=Cc1ccc([N+](=O)[O-])o1)NC(=O)c1ccc(Cl)cc1Cl. The third-order valence-corrected chi connectivity index (χ3v) is 4.33. The molecule has 0 aliphatic heterocycles. The number of anilines is 1. The highest BCUT2D eigenvalue weighted by molar-refractivity contribution is 6.36. The van der Waals surface area contributed by atoms with E-state index in [9.17, 15) is 19.7 Å². The molecule has 1 aromatic heterocycles. The van der Waals surface area contributed by atoms with Gasteiger partial charge in [-0.2, -0.15) is 0 Å². The minimum atomic E-state index is -0.715. The van der Waals surface area contributed by atoms with Crippen molar-refractivity contribution >= 4 is 52.7 Å². The van der Waals surface area contributed by atoms with Gasteiger partial charge in [-0.05, 0) is 36.4 Å². The van der Waals surface area contributed by atoms with E-state index in [-0.39, 0.29) is 22.0 Å². The van der Waals surface area contributed by atoms with Crippen molar-refractivity contribution in [1.29, 1.82) is 0 Å². The fourth-order valence-corrected chi connectivity index (χ4v) is 2.90. The summed E-state index contributed by atoms with van der Waals surface area (Å²) in [5, 5.41) is 16.3. The molecule has 10 heteroatoms. The van der Waals surface area contributed by atoms with E-state index in [1.807, 2.05) is 0 Å². The summed E-state index contributed by atoms with van der Waals surface area (Å²) in [6.07, 6.45) is 1.17. The number of hydrogen-bond donors (Lipinski definition) is 2. The molecule has 0 saturated carbocycles. The van der Waals surface area contributed by atoms with Gasteiger partial charge in [0.1, 0.15) is 16.4 Å². The van der Waals surface area contributed by atoms with Crippen LogP contribution in [-0.4, -0.2) is 16.7 Å². The zero-order valence-electron chi connectivity index (χ0n) is 15.1. The maximum atomic E-state index is 12.7. The second-order valence-electron chi connectivity index (χ2n) is 5.89. The Kier molecular flexibility index (Phi) is 6.51. The molecule has 8 nitrogen and oxygen atoms in total. The monoisotopic (exact) mass is 445 g/mol. The average molecular weight is 446 g/mol. The predicted octanol–water partition coefficient (Wildman–Crippen LogP) is 4.90. The van der Waals surface area contributed by atoms with E-state index < -0.39 is 22.6 Å². The van der Waals surface area contributed by atoms with Crippen LogP contribution in [0.5, 0.6) is 0 Å². The number of halogens is 2. The van der Waals surface area contributed by atoms with Gasteiger partial charge in [0, 0.05) is 16.8 Å². The van der Waals surface area contributed by atoms with Crippen molar-refractivity contribution in [3.05, 3.63) is 97.8 Å². The van der Waals surface area contributed by atoms with E-state index in [4.69, 9.17) is 27.6 Å². The molecule has 0 unspecified atom stereocenters. The Balaban J connectivity index is 1.91. The van der Waals surface area contributed by atoms with Crippen LogP contribution in [0.25, 0.3) is 6.08 Å². The maximum absolute atomic E-state index is 12.7. The molecule has 0 spiro atoms. The first-order valence-corrected chi connectivity index (χ1v) is 9.18. The second kappa shape index (κ2) is 9.25. The summed E-state index contributed by atoms with van der Waals surface area (Å²) in [4.78, 5) is 35.5. The van der Waals surface area contributed by atoms with Crippen molar-refractivity contribution in [2.45, 2.75) is 0 Å². The number of rotatable bonds is 6. The molecule has 152 valence electrons. The zero-order valence-corrected chi connectivity index (χ0v) is 16.6. The maximum Gasteiger partial charge on any atom is 0.433 e. The Bertz CT molecular complexity index is 1140. The molecule has 1 heterocycles. The van der Waals surface area contributed by atoms with Crippen molar-refractivity contribution in [3.8, 4) is 0 Å². The Morgan fingerprint density at radius 3 is 2.40 bits per heavy atom. The van der Waals surface area contributed by atoms with Gasteiger partial charge in [-0.1, -0.05) is 41.4 Å². The molecule has 3 aromatic rings. The van der Waals surface area contributed by atoms with Crippen LogP contribution in [0.15, 0.2) is 70.8 Å². The molecule has 0 bridgehead atoms. The van der Waals surface area contributed by atoms with Gasteiger partial charge in [0.2, 0.25) is 0 Å². The second-order valence-corrected chi connectivity index (χ2v) is 6.73. The minimum Gasteiger partial charge on any atom is -0.401 e. The van der Waals surface area contributed by atoms with Gasteiger partial charge < -0.3 is 15.1 Å². The lowest BCUT2D eigenvalue weighted by atomic mass is 10.2. The quantitative estimate of drug-likeness (QED) is 0.318. The summed E-state index contributed by atoms with van der Waals surface area (Å²) in [6.45, 7) is 0. The van der Waals surface area contributed by atoms with E-state index >= 15 is 0 Å². The molecule has 2 N–H and O–H groups in total. The van der Waals surface area contributed by atoms with E-state index in [0.717, 1.165) is 6.07 Å². The first-order valence-electron chi connectivity index (χ1n) is 8.42. The number of para-hydroxylation sites is 1. The van der Waals surface area contributed by atoms with Crippen LogP contribution in [0.2, 0.25) is 10.0 Å². The number of benzene rings is 2. The molecule has 30 heavy (non-hydrogen) atoms. The summed E-state index contributed by atoms with van der Waals surface area (Å²) in [5.74, 6) is -1.84. The van der Waals surface area contributed by atoms with Crippen molar-refractivity contribution in [2.24, 2.45) is 0 Å². The fourth-order valence-electron chi connectivity index (χ4n) is 2.40. The van der Waals surface area contributed by atoms with Crippen molar-refractivity contribution < 1.29 is 18.9 Å². The summed E-state index contributed by atoms with van der Waals surface area (Å²) >= 11 is 11.9. The lowest BCUT2D eigenvalue weighted by molar-refractivity contribution is -0.402. The summed E-state index contributed by atoms with van der Waals surface area (Å²) in [5.41, 5.74) is 0.363. The van der Waals surface area contributed by atoms with Crippen LogP contribution >= 0.6 is 23.2 Å². The van der Waals surface area contributed by atoms with Crippen LogP contribution < -0.4 is 10.6 Å². The van der Waals surface area contributed by atoms with Gasteiger partial charge in [0.15, 0.2) is 0 Å². The van der Waals surface area contributed by atoms with Crippen LogP contribution in [0, 0.1) is 10.1 Å². The molecular formula is C20H13Cl2N3O5. The van der Waals surface area contributed by atoms with Gasteiger partial charge in [0.05, 0.1) is 16.7 Å². The molecule has 2 amide bonds. The van der Waals surface area contributed by atoms with Crippen molar-refractivity contribution in [3.63, 3.8) is 0 Å². The van der Waals surface area contributed by atoms with Crippen molar-refractivity contribution in [1.82, 2.24) is 5.32 Å². The average Bonchev–Trinajstić information content (AvgIpc) is 3.17. The number of carbonyl (C=O) groups is 2. The zero-order chi connectivity index (χ0) is 21.7. The molecule has 3 rings (SSSR count). The van der Waals surface area contributed by atoms with E-state index in [1.165, 1.54) is 30.3 Å². The van der Waals surface area contributed by atoms with Crippen LogP contribution in [0.3, 0.4) is 0 Å². The van der Waals surface area contributed by atoms with Gasteiger partial charge in [0.25, 0.3) is 11.8 Å². The van der Waals surface area contributed by atoms with Crippen LogP contribution in [0.4, 0.5) is 11.6 Å². The van der Waals surface area contributed by atoms with Gasteiger partial charge in [-0.25, -0.2) is 0 Å². The Labute approximate surface area is 180 Å². The number of nitrogens with zero attached hydrogens (tertiary/aromatic N) is 1. The summed E-state index contributed by atoms with van der Waals surface area (Å²) in [6, 6.07) is 15.3. The summed E-state index contributed by atoms with van der Waals surface area (Å²) < 4.78 is 5.05. The number of amides is 2. The lowest BCUT2D eigenvalue weighted by Gasteiger charge is -2.11. The van der Waals surface area contributed by atoms with Crippen LogP contribution in [0.1, 0.15) is 16.1 Å². The molecule has 0 aliphatic carbocycles. The standard InChI is InChI=1S/C20H13Cl2N3O5/c21-12-6-8-15(16(22)10-12)19(26)24-17(11-14-7-9-18(30-14)25(28)29)20(27)23-13-4-2-1-3-5-13/h1-11H,(H,23,27)(H,24,26).